The highest BCUT2D eigenvalue weighted by atomic mass is 14.9. The number of aromatic nitrogens is 1. The molecule has 118 valence electrons. The van der Waals surface area contributed by atoms with E-state index in [9.17, 15) is 0 Å². The summed E-state index contributed by atoms with van der Waals surface area (Å²) in [7, 11) is 2.14. The zero-order chi connectivity index (χ0) is 16.8. The second-order valence-electron chi connectivity index (χ2n) is 7.65. The summed E-state index contributed by atoms with van der Waals surface area (Å²) < 4.78 is 2.25. The fraction of sp³-hybridized carbons (Fsp3) is 0.318. The molecule has 1 heterocycles. The third-order valence-electron chi connectivity index (χ3n) is 4.65. The maximum atomic E-state index is 2.37. The number of nitrogens with zero attached hydrogens (tertiary/aromatic N) is 1. The Kier molecular flexibility index (Phi) is 3.75. The van der Waals surface area contributed by atoms with Gasteiger partial charge in [-0.2, -0.15) is 0 Å². The summed E-state index contributed by atoms with van der Waals surface area (Å²) >= 11 is 0. The van der Waals surface area contributed by atoms with Crippen LogP contribution in [0.1, 0.15) is 37.5 Å². The van der Waals surface area contributed by atoms with Gasteiger partial charge >= 0.3 is 0 Å². The molecule has 0 fully saturated rings. The second kappa shape index (κ2) is 5.49. The average Bonchev–Trinajstić information content (AvgIpc) is 2.47. The molecule has 0 aliphatic carbocycles. The van der Waals surface area contributed by atoms with Crippen LogP contribution >= 0.6 is 0 Å². The fourth-order valence-electron chi connectivity index (χ4n) is 3.16. The maximum absolute atomic E-state index is 2.37. The van der Waals surface area contributed by atoms with Gasteiger partial charge in [-0.25, -0.2) is 4.57 Å². The minimum atomic E-state index is 0.154. The van der Waals surface area contributed by atoms with Gasteiger partial charge in [0.25, 0.3) is 0 Å². The normalized spacial score (nSPS) is 11.9. The number of fused-ring (bicyclic) bond motifs is 1. The van der Waals surface area contributed by atoms with E-state index in [1.54, 1.807) is 0 Å². The van der Waals surface area contributed by atoms with Gasteiger partial charge in [0.05, 0.1) is 5.39 Å². The smallest absolute Gasteiger partial charge is 0.200 e. The Hall–Kier alpha value is -2.15. The Bertz CT molecular complexity index is 877. The lowest BCUT2D eigenvalue weighted by Gasteiger charge is -2.20. The molecule has 1 heteroatoms. The summed E-state index contributed by atoms with van der Waals surface area (Å²) in [6.45, 7) is 11.2. The van der Waals surface area contributed by atoms with Gasteiger partial charge in [0.1, 0.15) is 7.05 Å². The van der Waals surface area contributed by atoms with E-state index < -0.39 is 0 Å². The summed E-state index contributed by atoms with van der Waals surface area (Å²) in [5.74, 6) is 0. The van der Waals surface area contributed by atoms with Gasteiger partial charge in [-0.1, -0.05) is 50.6 Å². The minimum Gasteiger partial charge on any atom is -0.200 e. The lowest BCUT2D eigenvalue weighted by molar-refractivity contribution is -0.659. The van der Waals surface area contributed by atoms with Gasteiger partial charge in [-0.05, 0) is 47.9 Å². The molecule has 3 rings (SSSR count). The van der Waals surface area contributed by atoms with Gasteiger partial charge in [0.2, 0.25) is 5.69 Å². The van der Waals surface area contributed by atoms with Crippen LogP contribution in [-0.4, -0.2) is 0 Å². The molecule has 0 N–H and O–H groups in total. The van der Waals surface area contributed by atoms with Crippen molar-refractivity contribution in [3.05, 3.63) is 65.4 Å². The molecule has 0 atom stereocenters. The predicted molar refractivity (Wildman–Crippen MR) is 98.7 cm³/mol. The topological polar surface area (TPSA) is 3.88 Å². The highest BCUT2D eigenvalue weighted by molar-refractivity contribution is 5.94. The van der Waals surface area contributed by atoms with Crippen molar-refractivity contribution in [2.45, 2.75) is 40.0 Å². The zero-order valence-corrected chi connectivity index (χ0v) is 15.1. The van der Waals surface area contributed by atoms with Gasteiger partial charge in [0, 0.05) is 11.6 Å². The van der Waals surface area contributed by atoms with Crippen molar-refractivity contribution in [1.82, 2.24) is 0 Å². The molecule has 0 unspecified atom stereocenters. The van der Waals surface area contributed by atoms with Crippen molar-refractivity contribution >= 4 is 10.8 Å². The standard InChI is InChI=1S/C22H26N/c1-15-7-9-17-11-12-23(6)21(20(17)13-15)19-14-18(22(3,4)5)10-8-16(19)2/h7-14H,1-6H3/q+1. The predicted octanol–water partition coefficient (Wildman–Crippen LogP) is 5.25. The molecule has 0 amide bonds. The molecule has 0 spiro atoms. The first-order valence-electron chi connectivity index (χ1n) is 8.28. The summed E-state index contributed by atoms with van der Waals surface area (Å²) in [5, 5.41) is 2.62. The van der Waals surface area contributed by atoms with Crippen molar-refractivity contribution in [1.29, 1.82) is 0 Å². The van der Waals surface area contributed by atoms with Crippen molar-refractivity contribution in [3.63, 3.8) is 0 Å². The maximum Gasteiger partial charge on any atom is 0.220 e. The van der Waals surface area contributed by atoms with Crippen LogP contribution < -0.4 is 4.57 Å². The van der Waals surface area contributed by atoms with E-state index in [1.807, 2.05) is 0 Å². The van der Waals surface area contributed by atoms with E-state index in [0.717, 1.165) is 0 Å². The monoisotopic (exact) mass is 304 g/mol. The summed E-state index contributed by atoms with van der Waals surface area (Å²) in [5.41, 5.74) is 6.78. The number of aryl methyl sites for hydroxylation is 3. The number of hydrogen-bond acceptors (Lipinski definition) is 0. The molecule has 0 aliphatic rings. The Balaban J connectivity index is 2.37. The first-order valence-corrected chi connectivity index (χ1v) is 8.28. The molecule has 3 aromatic rings. The van der Waals surface area contributed by atoms with E-state index in [0.29, 0.717) is 0 Å². The van der Waals surface area contributed by atoms with Crippen molar-refractivity contribution in [2.75, 3.05) is 0 Å². The Labute approximate surface area is 139 Å². The summed E-state index contributed by atoms with van der Waals surface area (Å²) in [4.78, 5) is 0. The molecule has 0 saturated heterocycles. The molecule has 0 saturated carbocycles. The highest BCUT2D eigenvalue weighted by Crippen LogP contribution is 2.32. The van der Waals surface area contributed by atoms with Crippen molar-refractivity contribution in [2.24, 2.45) is 7.05 Å². The molecule has 1 aromatic heterocycles. The quantitative estimate of drug-likeness (QED) is 0.541. The SMILES string of the molecule is Cc1ccc2cc[n+](C)c(-c3cc(C(C)(C)C)ccc3C)c2c1. The average molecular weight is 304 g/mol. The van der Waals surface area contributed by atoms with Crippen LogP contribution in [-0.2, 0) is 12.5 Å². The van der Waals surface area contributed by atoms with E-state index in [-0.39, 0.29) is 5.41 Å². The van der Waals surface area contributed by atoms with Crippen molar-refractivity contribution in [3.8, 4) is 11.3 Å². The van der Waals surface area contributed by atoms with Crippen LogP contribution in [0.25, 0.3) is 22.0 Å². The Morgan fingerprint density at radius 1 is 0.870 bits per heavy atom. The number of pyridine rings is 1. The molecule has 23 heavy (non-hydrogen) atoms. The summed E-state index contributed by atoms with van der Waals surface area (Å²) in [6.07, 6.45) is 2.16. The number of benzene rings is 2. The zero-order valence-electron chi connectivity index (χ0n) is 15.1. The largest absolute Gasteiger partial charge is 0.220 e. The van der Waals surface area contributed by atoms with E-state index in [4.69, 9.17) is 0 Å². The Morgan fingerprint density at radius 3 is 2.30 bits per heavy atom. The van der Waals surface area contributed by atoms with Gasteiger partial charge < -0.3 is 0 Å². The lowest BCUT2D eigenvalue weighted by Crippen LogP contribution is -2.31. The van der Waals surface area contributed by atoms with Gasteiger partial charge in [0.15, 0.2) is 6.20 Å². The van der Waals surface area contributed by atoms with Crippen LogP contribution in [0.2, 0.25) is 0 Å². The fourth-order valence-corrected chi connectivity index (χ4v) is 3.16. The van der Waals surface area contributed by atoms with Crippen LogP contribution in [0.15, 0.2) is 48.7 Å². The van der Waals surface area contributed by atoms with E-state index >= 15 is 0 Å². The number of rotatable bonds is 1. The minimum absolute atomic E-state index is 0.154. The van der Waals surface area contributed by atoms with E-state index in [1.165, 1.54) is 38.7 Å². The van der Waals surface area contributed by atoms with Crippen LogP contribution in [0.5, 0.6) is 0 Å². The van der Waals surface area contributed by atoms with Crippen LogP contribution in [0, 0.1) is 13.8 Å². The van der Waals surface area contributed by atoms with Gasteiger partial charge in [-0.15, -0.1) is 0 Å². The van der Waals surface area contributed by atoms with Crippen LogP contribution in [0.3, 0.4) is 0 Å². The first-order chi connectivity index (χ1) is 10.8. The number of hydrogen-bond donors (Lipinski definition) is 0. The summed E-state index contributed by atoms with van der Waals surface area (Å²) in [6, 6.07) is 15.8. The second-order valence-corrected chi connectivity index (χ2v) is 7.65. The Morgan fingerprint density at radius 2 is 1.61 bits per heavy atom. The molecular formula is C22H26N+. The molecule has 0 aliphatic heterocycles. The molecule has 0 bridgehead atoms. The molecule has 2 aromatic carbocycles. The molecule has 1 nitrogen and oxygen atoms in total. The lowest BCUT2D eigenvalue weighted by atomic mass is 9.84. The highest BCUT2D eigenvalue weighted by Gasteiger charge is 2.21. The van der Waals surface area contributed by atoms with Gasteiger partial charge in [-0.3, -0.25) is 0 Å². The third kappa shape index (κ3) is 2.88. The van der Waals surface area contributed by atoms with E-state index in [2.05, 4.69) is 94.9 Å². The van der Waals surface area contributed by atoms with Crippen molar-refractivity contribution < 1.29 is 4.57 Å². The molecule has 0 radical (unpaired) electrons. The van der Waals surface area contributed by atoms with Crippen LogP contribution in [0.4, 0.5) is 0 Å². The molecular weight excluding hydrogens is 278 g/mol. The first kappa shape index (κ1) is 15.7. The third-order valence-corrected chi connectivity index (χ3v) is 4.65.